The molecular weight excluding hydrogens is 497 g/mol. The number of amides is 1. The highest BCUT2D eigenvalue weighted by atomic mass is 32.2. The lowest BCUT2D eigenvalue weighted by Gasteiger charge is -2.28. The zero-order valence-corrected chi connectivity index (χ0v) is 20.2. The smallest absolute Gasteiger partial charge is 0.245 e. The number of hydrogen-bond donors (Lipinski definition) is 1. The lowest BCUT2D eigenvalue weighted by atomic mass is 10.0. The van der Waals surface area contributed by atoms with Crippen molar-refractivity contribution in [3.05, 3.63) is 83.0 Å². The molecule has 12 heteroatoms. The summed E-state index contributed by atoms with van der Waals surface area (Å²) in [5.41, 5.74) is 0.109. The van der Waals surface area contributed by atoms with E-state index in [4.69, 9.17) is 0 Å². The van der Waals surface area contributed by atoms with Crippen LogP contribution in [0, 0.1) is 17.5 Å². The van der Waals surface area contributed by atoms with Gasteiger partial charge in [0.05, 0.1) is 23.7 Å². The van der Waals surface area contributed by atoms with Gasteiger partial charge in [-0.1, -0.05) is 0 Å². The average molecular weight is 521 g/mol. The molecule has 0 spiro atoms. The number of halogens is 3. The molecule has 4 rings (SSSR count). The molecule has 1 amide bonds. The summed E-state index contributed by atoms with van der Waals surface area (Å²) in [4.78, 5) is 18.8. The topological polar surface area (TPSA) is 105 Å². The first-order valence-electron chi connectivity index (χ1n) is 10.9. The van der Waals surface area contributed by atoms with Crippen molar-refractivity contribution in [1.29, 1.82) is 0 Å². The van der Waals surface area contributed by atoms with Gasteiger partial charge in [-0.05, 0) is 55.3 Å². The molecule has 1 N–H and O–H groups in total. The normalized spacial score (nSPS) is 16.9. The van der Waals surface area contributed by atoms with Gasteiger partial charge in [0.25, 0.3) is 0 Å². The van der Waals surface area contributed by atoms with Crippen LogP contribution in [0.5, 0.6) is 0 Å². The third kappa shape index (κ3) is 5.65. The Morgan fingerprint density at radius 3 is 2.50 bits per heavy atom. The largest absolute Gasteiger partial charge is 0.384 e. The van der Waals surface area contributed by atoms with E-state index in [-0.39, 0.29) is 30.0 Å². The maximum absolute atomic E-state index is 13.6. The van der Waals surface area contributed by atoms with Crippen molar-refractivity contribution in [2.75, 3.05) is 5.75 Å². The van der Waals surface area contributed by atoms with Gasteiger partial charge in [0.2, 0.25) is 5.91 Å². The van der Waals surface area contributed by atoms with E-state index in [2.05, 4.69) is 10.1 Å². The summed E-state index contributed by atoms with van der Waals surface area (Å²) in [5, 5.41) is 15.4. The number of carbonyl (C=O) groups excluding carboxylic acids is 1. The molecule has 0 radical (unpaired) electrons. The maximum atomic E-state index is 13.6. The maximum Gasteiger partial charge on any atom is 0.245 e. The Bertz CT molecular complexity index is 1420. The van der Waals surface area contributed by atoms with Crippen LogP contribution in [0.25, 0.3) is 11.1 Å². The lowest BCUT2D eigenvalue weighted by molar-refractivity contribution is -0.133. The van der Waals surface area contributed by atoms with Gasteiger partial charge in [-0.25, -0.2) is 21.6 Å². The highest BCUT2D eigenvalue weighted by Gasteiger charge is 2.31. The zero-order chi connectivity index (χ0) is 26.3. The van der Waals surface area contributed by atoms with Crippen LogP contribution in [-0.2, 0) is 33.3 Å². The van der Waals surface area contributed by atoms with Crippen LogP contribution in [0.15, 0.2) is 54.3 Å². The van der Waals surface area contributed by atoms with Gasteiger partial charge < -0.3 is 10.0 Å². The molecule has 0 unspecified atom stereocenters. The fraction of sp³-hybridized carbons (Fsp3) is 0.292. The minimum Gasteiger partial charge on any atom is -0.384 e. The van der Waals surface area contributed by atoms with Crippen LogP contribution in [0.4, 0.5) is 13.2 Å². The second-order valence-corrected chi connectivity index (χ2v) is 11.0. The standard InChI is InChI=1S/C24H23F3N4O4S/c1-24(2,33)21-7-15(3-5-28-21)11-31(18-4-6-36(34,35)14-18)22(32)13-30-12-17(10-29-30)16-8-19(25)23(27)20(26)9-16/h3-10,12,18,33H,11,13-14H2,1-2H3/t18-/m1/s1. The highest BCUT2D eigenvalue weighted by molar-refractivity contribution is 7.94. The molecule has 0 fully saturated rings. The van der Waals surface area contributed by atoms with Crippen molar-refractivity contribution in [2.45, 2.75) is 38.6 Å². The highest BCUT2D eigenvalue weighted by Crippen LogP contribution is 2.24. The van der Waals surface area contributed by atoms with Gasteiger partial charge in [-0.3, -0.25) is 14.5 Å². The predicted octanol–water partition coefficient (Wildman–Crippen LogP) is 2.93. The molecule has 1 aromatic carbocycles. The first kappa shape index (κ1) is 25.6. The van der Waals surface area contributed by atoms with Crippen molar-refractivity contribution in [3.8, 4) is 11.1 Å². The van der Waals surface area contributed by atoms with Crippen molar-refractivity contribution in [3.63, 3.8) is 0 Å². The Morgan fingerprint density at radius 2 is 1.89 bits per heavy atom. The van der Waals surface area contributed by atoms with Gasteiger partial charge in [0.1, 0.15) is 12.1 Å². The van der Waals surface area contributed by atoms with E-state index in [0.717, 1.165) is 17.5 Å². The summed E-state index contributed by atoms with van der Waals surface area (Å²) in [5.74, 6) is -5.02. The van der Waals surface area contributed by atoms with Gasteiger partial charge in [-0.2, -0.15) is 5.10 Å². The van der Waals surface area contributed by atoms with E-state index in [1.807, 2.05) is 0 Å². The number of carbonyl (C=O) groups is 1. The second-order valence-electron chi connectivity index (χ2n) is 9.04. The molecule has 3 heterocycles. The Morgan fingerprint density at radius 1 is 1.19 bits per heavy atom. The van der Waals surface area contributed by atoms with Crippen molar-refractivity contribution < 1.29 is 31.5 Å². The summed E-state index contributed by atoms with van der Waals surface area (Å²) >= 11 is 0. The van der Waals surface area contributed by atoms with Gasteiger partial charge in [0.15, 0.2) is 27.3 Å². The first-order chi connectivity index (χ1) is 16.8. The molecule has 0 saturated heterocycles. The average Bonchev–Trinajstić information content (AvgIpc) is 3.41. The Balaban J connectivity index is 1.58. The van der Waals surface area contributed by atoms with Gasteiger partial charge >= 0.3 is 0 Å². The SMILES string of the molecule is CC(C)(O)c1cc(CN(C(=O)Cn2cc(-c3cc(F)c(F)c(F)c3)cn2)[C@@H]2C=CS(=O)(=O)C2)ccn1. The molecular formula is C24H23F3N4O4S. The fourth-order valence-corrected chi connectivity index (χ4v) is 5.10. The Kier molecular flexibility index (Phi) is 6.76. The molecule has 0 aliphatic carbocycles. The summed E-state index contributed by atoms with van der Waals surface area (Å²) < 4.78 is 65.8. The third-order valence-corrected chi connectivity index (χ3v) is 7.06. The zero-order valence-electron chi connectivity index (χ0n) is 19.4. The minimum absolute atomic E-state index is 0.0392. The lowest BCUT2D eigenvalue weighted by Crippen LogP contribution is -2.42. The predicted molar refractivity (Wildman–Crippen MR) is 124 cm³/mol. The van der Waals surface area contributed by atoms with E-state index in [1.165, 1.54) is 34.2 Å². The molecule has 1 aliphatic heterocycles. The molecule has 0 bridgehead atoms. The summed E-state index contributed by atoms with van der Waals surface area (Å²) in [6, 6.07) is 4.22. The summed E-state index contributed by atoms with van der Waals surface area (Å²) in [6.45, 7) is 2.89. The van der Waals surface area contributed by atoms with Crippen molar-refractivity contribution in [2.24, 2.45) is 0 Å². The third-order valence-electron chi connectivity index (χ3n) is 5.68. The minimum atomic E-state index is -3.47. The summed E-state index contributed by atoms with van der Waals surface area (Å²) in [6.07, 6.45) is 5.58. The molecule has 8 nitrogen and oxygen atoms in total. The van der Waals surface area contributed by atoms with Crippen LogP contribution in [0.3, 0.4) is 0 Å². The number of benzene rings is 1. The number of aliphatic hydroxyl groups is 1. The monoisotopic (exact) mass is 520 g/mol. The van der Waals surface area contributed by atoms with Crippen molar-refractivity contribution in [1.82, 2.24) is 19.7 Å². The van der Waals surface area contributed by atoms with Crippen LogP contribution in [0.1, 0.15) is 25.1 Å². The quantitative estimate of drug-likeness (QED) is 0.481. The number of aromatic nitrogens is 3. The van der Waals surface area contributed by atoms with E-state index >= 15 is 0 Å². The molecule has 1 aliphatic rings. The molecule has 3 aromatic rings. The van der Waals surface area contributed by atoms with Crippen LogP contribution < -0.4 is 0 Å². The van der Waals surface area contributed by atoms with Crippen LogP contribution in [-0.4, -0.2) is 50.9 Å². The second kappa shape index (κ2) is 9.51. The van der Waals surface area contributed by atoms with Crippen LogP contribution in [0.2, 0.25) is 0 Å². The number of rotatable bonds is 7. The Labute approximate surface area is 205 Å². The molecule has 2 aromatic heterocycles. The summed E-state index contributed by atoms with van der Waals surface area (Å²) in [7, 11) is -3.47. The number of sulfone groups is 1. The van der Waals surface area contributed by atoms with E-state index < -0.39 is 44.8 Å². The fourth-order valence-electron chi connectivity index (χ4n) is 3.80. The van der Waals surface area contributed by atoms with E-state index in [1.54, 1.807) is 26.0 Å². The molecule has 0 saturated carbocycles. The molecule has 36 heavy (non-hydrogen) atoms. The van der Waals surface area contributed by atoms with Crippen molar-refractivity contribution >= 4 is 15.7 Å². The van der Waals surface area contributed by atoms with Crippen LogP contribution >= 0.6 is 0 Å². The number of pyridine rings is 1. The van der Waals surface area contributed by atoms with Gasteiger partial charge in [0, 0.05) is 29.9 Å². The van der Waals surface area contributed by atoms with E-state index in [0.29, 0.717) is 11.3 Å². The number of nitrogens with zero attached hydrogens (tertiary/aromatic N) is 4. The Hall–Kier alpha value is -3.51. The molecule has 190 valence electrons. The van der Waals surface area contributed by atoms with E-state index in [9.17, 15) is 31.5 Å². The van der Waals surface area contributed by atoms with Gasteiger partial charge in [-0.15, -0.1) is 0 Å². The number of hydrogen-bond acceptors (Lipinski definition) is 6. The first-order valence-corrected chi connectivity index (χ1v) is 12.6. The molecule has 1 atom stereocenters.